The molecule has 7 heteroatoms. The van der Waals surface area contributed by atoms with Gasteiger partial charge >= 0.3 is 0 Å². The summed E-state index contributed by atoms with van der Waals surface area (Å²) in [6, 6.07) is 0. The van der Waals surface area contributed by atoms with Crippen molar-refractivity contribution in [3.05, 3.63) is 12.5 Å². The van der Waals surface area contributed by atoms with Gasteiger partial charge in [0.15, 0.2) is 5.65 Å². The van der Waals surface area contributed by atoms with Crippen molar-refractivity contribution in [1.82, 2.24) is 25.1 Å². The zero-order valence-electron chi connectivity index (χ0n) is 12.8. The predicted octanol–water partition coefficient (Wildman–Crippen LogP) is 2.01. The minimum Gasteiger partial charge on any atom is -0.355 e. The van der Waals surface area contributed by atoms with E-state index in [2.05, 4.69) is 34.2 Å². The maximum absolute atomic E-state index is 12.1. The molecular formula is C14H21N5OS. The van der Waals surface area contributed by atoms with Crippen LogP contribution in [0.15, 0.2) is 17.6 Å². The van der Waals surface area contributed by atoms with E-state index in [0.717, 1.165) is 22.5 Å². The molecule has 2 rings (SSSR count). The van der Waals surface area contributed by atoms with E-state index < -0.39 is 0 Å². The Hall–Kier alpha value is -1.63. The maximum atomic E-state index is 12.1. The minimum atomic E-state index is -0.199. The van der Waals surface area contributed by atoms with Crippen LogP contribution in [-0.2, 0) is 11.8 Å². The fourth-order valence-corrected chi connectivity index (χ4v) is 2.79. The summed E-state index contributed by atoms with van der Waals surface area (Å²) < 4.78 is 1.70. The summed E-state index contributed by atoms with van der Waals surface area (Å²) in [4.78, 5) is 20.5. The average molecular weight is 307 g/mol. The molecule has 1 unspecified atom stereocenters. The number of aryl methyl sites for hydroxylation is 1. The van der Waals surface area contributed by atoms with Crippen LogP contribution in [0, 0.1) is 5.92 Å². The molecule has 1 amide bonds. The molecule has 114 valence electrons. The molecule has 0 aliphatic heterocycles. The van der Waals surface area contributed by atoms with Gasteiger partial charge in [-0.1, -0.05) is 25.6 Å². The molecule has 2 aromatic heterocycles. The number of carbonyl (C=O) groups is 1. The van der Waals surface area contributed by atoms with Gasteiger partial charge in [0, 0.05) is 13.6 Å². The van der Waals surface area contributed by atoms with Gasteiger partial charge in [0.25, 0.3) is 0 Å². The normalized spacial score (nSPS) is 12.8. The first kappa shape index (κ1) is 15.8. The lowest BCUT2D eigenvalue weighted by Crippen LogP contribution is -2.32. The summed E-state index contributed by atoms with van der Waals surface area (Å²) >= 11 is 1.44. The molecule has 0 saturated heterocycles. The minimum absolute atomic E-state index is 0.0382. The molecule has 21 heavy (non-hydrogen) atoms. The van der Waals surface area contributed by atoms with Crippen molar-refractivity contribution in [2.75, 3.05) is 6.54 Å². The van der Waals surface area contributed by atoms with E-state index >= 15 is 0 Å². The van der Waals surface area contributed by atoms with Gasteiger partial charge in [-0.15, -0.1) is 0 Å². The quantitative estimate of drug-likeness (QED) is 0.653. The van der Waals surface area contributed by atoms with Gasteiger partial charge in [-0.2, -0.15) is 5.10 Å². The summed E-state index contributed by atoms with van der Waals surface area (Å²) in [5.41, 5.74) is 0.778. The first-order chi connectivity index (χ1) is 9.99. The molecule has 0 radical (unpaired) electrons. The summed E-state index contributed by atoms with van der Waals surface area (Å²) in [5.74, 6) is 0.626. The molecule has 0 spiro atoms. The van der Waals surface area contributed by atoms with Crippen molar-refractivity contribution in [3.8, 4) is 0 Å². The number of hydrogen-bond acceptors (Lipinski definition) is 5. The number of aromatic nitrogens is 4. The highest BCUT2D eigenvalue weighted by atomic mass is 32.2. The zero-order chi connectivity index (χ0) is 15.4. The lowest BCUT2D eigenvalue weighted by atomic mass is 10.1. The third-order valence-electron chi connectivity index (χ3n) is 3.17. The van der Waals surface area contributed by atoms with Crippen LogP contribution >= 0.6 is 11.8 Å². The van der Waals surface area contributed by atoms with Gasteiger partial charge in [-0.3, -0.25) is 9.48 Å². The molecule has 0 aliphatic rings. The highest BCUT2D eigenvalue weighted by Crippen LogP contribution is 2.27. The van der Waals surface area contributed by atoms with Crippen LogP contribution < -0.4 is 5.32 Å². The average Bonchev–Trinajstić information content (AvgIpc) is 2.81. The lowest BCUT2D eigenvalue weighted by Gasteiger charge is -2.12. The van der Waals surface area contributed by atoms with Crippen LogP contribution in [0.1, 0.15) is 27.2 Å². The molecule has 0 bridgehead atoms. The number of carbonyl (C=O) groups excluding carboxylic acids is 1. The van der Waals surface area contributed by atoms with E-state index in [1.165, 1.54) is 18.1 Å². The summed E-state index contributed by atoms with van der Waals surface area (Å²) in [6.07, 6.45) is 4.24. The van der Waals surface area contributed by atoms with E-state index in [1.807, 2.05) is 14.0 Å². The Morgan fingerprint density at radius 2 is 2.14 bits per heavy atom. The highest BCUT2D eigenvalue weighted by Gasteiger charge is 2.17. The highest BCUT2D eigenvalue weighted by molar-refractivity contribution is 8.00. The molecule has 0 aliphatic carbocycles. The van der Waals surface area contributed by atoms with Crippen LogP contribution in [0.2, 0.25) is 0 Å². The Labute approximate surface area is 128 Å². The first-order valence-corrected chi connectivity index (χ1v) is 7.94. The van der Waals surface area contributed by atoms with Gasteiger partial charge in [0.05, 0.1) is 16.8 Å². The van der Waals surface area contributed by atoms with Crippen LogP contribution in [0.3, 0.4) is 0 Å². The molecule has 6 nitrogen and oxygen atoms in total. The molecule has 2 aromatic rings. The second-order valence-electron chi connectivity index (χ2n) is 5.42. The van der Waals surface area contributed by atoms with Crippen LogP contribution in [0.25, 0.3) is 11.0 Å². The van der Waals surface area contributed by atoms with Gasteiger partial charge in [0.1, 0.15) is 11.4 Å². The predicted molar refractivity (Wildman–Crippen MR) is 84.1 cm³/mol. The third kappa shape index (κ3) is 3.93. The van der Waals surface area contributed by atoms with Crippen molar-refractivity contribution in [2.24, 2.45) is 13.0 Å². The zero-order valence-corrected chi connectivity index (χ0v) is 13.6. The van der Waals surface area contributed by atoms with Gasteiger partial charge < -0.3 is 5.32 Å². The van der Waals surface area contributed by atoms with Gasteiger partial charge in [-0.05, 0) is 19.3 Å². The monoisotopic (exact) mass is 307 g/mol. The number of amides is 1. The fourth-order valence-electron chi connectivity index (χ4n) is 1.88. The Balaban J connectivity index is 2.01. The molecular weight excluding hydrogens is 286 g/mol. The standard InChI is InChI=1S/C14H21N5OS/c1-9(2)5-6-15-13(20)10(3)21-14-11-7-18-19(4)12(11)16-8-17-14/h7-10H,5-6H2,1-4H3,(H,15,20). The van der Waals surface area contributed by atoms with Crippen molar-refractivity contribution >= 4 is 28.7 Å². The number of rotatable bonds is 6. The second-order valence-corrected chi connectivity index (χ2v) is 6.75. The topological polar surface area (TPSA) is 72.7 Å². The van der Waals surface area contributed by atoms with E-state index in [-0.39, 0.29) is 11.2 Å². The first-order valence-electron chi connectivity index (χ1n) is 7.06. The van der Waals surface area contributed by atoms with Crippen LogP contribution in [0.4, 0.5) is 0 Å². The molecule has 0 saturated carbocycles. The van der Waals surface area contributed by atoms with E-state index in [1.54, 1.807) is 10.9 Å². The van der Waals surface area contributed by atoms with E-state index in [4.69, 9.17) is 0 Å². The summed E-state index contributed by atoms with van der Waals surface area (Å²) in [6.45, 7) is 6.89. The molecule has 2 heterocycles. The maximum Gasteiger partial charge on any atom is 0.233 e. The third-order valence-corrected chi connectivity index (χ3v) is 4.29. The Morgan fingerprint density at radius 3 is 2.86 bits per heavy atom. The number of thioether (sulfide) groups is 1. The van der Waals surface area contributed by atoms with Crippen LogP contribution in [-0.4, -0.2) is 37.5 Å². The SMILES string of the molecule is CC(C)CCNC(=O)C(C)Sc1ncnc2c1cnn2C. The smallest absolute Gasteiger partial charge is 0.233 e. The Bertz CT molecular complexity index is 625. The summed E-state index contributed by atoms with van der Waals surface area (Å²) in [7, 11) is 1.84. The summed E-state index contributed by atoms with van der Waals surface area (Å²) in [5, 5.41) is 8.62. The van der Waals surface area contributed by atoms with Crippen molar-refractivity contribution in [1.29, 1.82) is 0 Å². The van der Waals surface area contributed by atoms with Crippen LogP contribution in [0.5, 0.6) is 0 Å². The lowest BCUT2D eigenvalue weighted by molar-refractivity contribution is -0.120. The number of fused-ring (bicyclic) bond motifs is 1. The number of nitrogens with one attached hydrogen (secondary N) is 1. The van der Waals surface area contributed by atoms with Crippen molar-refractivity contribution in [2.45, 2.75) is 37.5 Å². The molecule has 0 fully saturated rings. The molecule has 0 aromatic carbocycles. The van der Waals surface area contributed by atoms with Gasteiger partial charge in [-0.25, -0.2) is 9.97 Å². The number of hydrogen-bond donors (Lipinski definition) is 1. The fraction of sp³-hybridized carbons (Fsp3) is 0.571. The number of nitrogens with zero attached hydrogens (tertiary/aromatic N) is 4. The molecule has 1 atom stereocenters. The second kappa shape index (κ2) is 6.89. The van der Waals surface area contributed by atoms with Crippen molar-refractivity contribution < 1.29 is 4.79 Å². The molecule has 1 N–H and O–H groups in total. The van der Waals surface area contributed by atoms with Crippen molar-refractivity contribution in [3.63, 3.8) is 0 Å². The Morgan fingerprint density at radius 1 is 1.38 bits per heavy atom. The van der Waals surface area contributed by atoms with Gasteiger partial charge in [0.2, 0.25) is 5.91 Å². The largest absolute Gasteiger partial charge is 0.355 e. The van der Waals surface area contributed by atoms with E-state index in [9.17, 15) is 4.79 Å². The Kier molecular flexibility index (Phi) is 5.17. The van der Waals surface area contributed by atoms with E-state index in [0.29, 0.717) is 12.5 Å².